The number of sulfonamides is 1. The van der Waals surface area contributed by atoms with Gasteiger partial charge in [0.1, 0.15) is 41.8 Å². The van der Waals surface area contributed by atoms with Crippen LogP contribution in [-0.4, -0.2) is 197 Å². The summed E-state index contributed by atoms with van der Waals surface area (Å²) in [7, 11) is -10.3. The molecule has 1 aliphatic carbocycles. The number of carboxylic acids is 4. The van der Waals surface area contributed by atoms with E-state index in [9.17, 15) is 84.9 Å². The minimum Gasteiger partial charge on any atom is -0.481 e. The van der Waals surface area contributed by atoms with Gasteiger partial charge in [0, 0.05) is 38.5 Å². The Morgan fingerprint density at radius 3 is 1.75 bits per heavy atom. The van der Waals surface area contributed by atoms with E-state index >= 15 is 13.2 Å². The molecule has 34 nitrogen and oxygen atoms in total. The highest BCUT2D eigenvalue weighted by atomic mass is 32.2. The summed E-state index contributed by atoms with van der Waals surface area (Å²) in [6, 6.07) is -9.39. The van der Waals surface area contributed by atoms with Crippen LogP contribution < -0.4 is 64.9 Å². The van der Waals surface area contributed by atoms with Crippen LogP contribution in [0.15, 0.2) is 14.8 Å². The third-order valence-electron chi connectivity index (χ3n) is 12.6. The summed E-state index contributed by atoms with van der Waals surface area (Å²) < 4.78 is 108. The maximum Gasteiger partial charge on any atom is 0.325 e. The second-order valence-corrected chi connectivity index (χ2v) is 23.2. The molecule has 20 N–H and O–H groups in total. The predicted octanol–water partition coefficient (Wildman–Crippen LogP) is -4.37. The Morgan fingerprint density at radius 1 is 0.632 bits per heavy atom. The molecule has 1 fully saturated rings. The van der Waals surface area contributed by atoms with Crippen LogP contribution in [0.5, 0.6) is 0 Å². The Kier molecular flexibility index (Phi) is 31.8. The van der Waals surface area contributed by atoms with Crippen molar-refractivity contribution in [2.45, 2.75) is 143 Å². The van der Waals surface area contributed by atoms with E-state index in [4.69, 9.17) is 36.9 Å². The highest BCUT2D eigenvalue weighted by molar-refractivity contribution is 7.91. The van der Waals surface area contributed by atoms with Crippen LogP contribution in [0.4, 0.5) is 18.9 Å². The second-order valence-electron chi connectivity index (χ2n) is 19.6. The maximum absolute atomic E-state index is 15.7. The largest absolute Gasteiger partial charge is 0.481 e. The molecular weight excluding hydrogens is 1220 g/mol. The number of nitrogens with one attached hydrogen (secondary N) is 8. The number of halogens is 3. The topological polar surface area (TPSA) is 568 Å². The lowest BCUT2D eigenvalue weighted by Gasteiger charge is -2.25. The van der Waals surface area contributed by atoms with Crippen LogP contribution in [0, 0.1) is 23.4 Å². The first-order valence-electron chi connectivity index (χ1n) is 26.8. The lowest BCUT2D eigenvalue weighted by Crippen LogP contribution is -2.58. The monoisotopic (exact) mass is 1290 g/mol. The van der Waals surface area contributed by atoms with Gasteiger partial charge in [0.05, 0.1) is 56.4 Å². The van der Waals surface area contributed by atoms with Crippen LogP contribution in [0.3, 0.4) is 0 Å². The van der Waals surface area contributed by atoms with Gasteiger partial charge in [0.25, 0.3) is 0 Å². The standard InChI is InChI=1S/C48H74F3N13O21S2/c1-24(47(78)79)60-46(77)30(21-35(71)72)63-43(74)27(52)22-58-44(75)29(20-34(69)70)64-45(76)28(10-7-12-57-48(53)54)62-42(73)25(19-33(67)68)18-32(66)59-23-85-16-15-84-14-13-56-31(65)11-17-86(80,81)41-37(50)36(49)40(87(55,82)83)38(51)39(41)61-26-8-5-3-2-4-6-9-26/h24-30,61H,2-23,52H2,1H3,(H,56,65)(H,58,75)(H,59,66)(H,60,77)(H,62,73)(H,63,74)(H,64,76)(H,67,68)(H,69,70)(H,71,72)(H,78,79)(H4,53,54,57)(H2,55,82,83)/t24-,25?,27-,28?,29?,30-/m0/s1. The lowest BCUT2D eigenvalue weighted by atomic mass is 9.96. The maximum atomic E-state index is 15.7. The Bertz CT molecular complexity index is 2900. The fourth-order valence-corrected chi connectivity index (χ4v) is 10.3. The van der Waals surface area contributed by atoms with E-state index in [1.807, 2.05) is 10.6 Å². The molecular formula is C48H74F3N13O21S2. The molecule has 39 heteroatoms. The molecule has 0 aromatic heterocycles. The number of primary sulfonamides is 1. The normalized spacial score (nSPS) is 15.0. The number of hydrogen-bond donors (Lipinski definition) is 16. The number of sulfone groups is 1. The van der Waals surface area contributed by atoms with Crippen LogP contribution >= 0.6 is 0 Å². The first-order chi connectivity index (χ1) is 40.7. The number of nitrogens with two attached hydrogens (primary N) is 4. The fourth-order valence-electron chi connectivity index (χ4n) is 8.15. The number of anilines is 1. The van der Waals surface area contributed by atoms with Gasteiger partial charge in [0.2, 0.25) is 51.4 Å². The number of guanidine groups is 1. The SMILES string of the molecule is C[C@H](NC(=O)[C@H](CC(=O)O)NC(=O)[C@@H](N)CNC(=O)C(CC(=O)O)NC(=O)C(CCCN=C(N)N)NC(=O)C(CC(=O)O)CC(=O)NCOCCOCCNC(=O)CCS(=O)(=O)c1c(F)c(F)c(S(N)(=O)=O)c(F)c1NC1CCCCCCC1)C(=O)O. The van der Waals surface area contributed by atoms with Crippen molar-refractivity contribution in [2.75, 3.05) is 57.3 Å². The van der Waals surface area contributed by atoms with Crippen molar-refractivity contribution < 1.29 is 113 Å². The van der Waals surface area contributed by atoms with Gasteiger partial charge < -0.3 is 89.6 Å². The van der Waals surface area contributed by atoms with E-state index in [1.165, 1.54) is 0 Å². The van der Waals surface area contributed by atoms with E-state index in [0.29, 0.717) is 25.7 Å². The molecule has 0 spiro atoms. The zero-order chi connectivity index (χ0) is 65.8. The Hall–Kier alpha value is -8.01. The van der Waals surface area contributed by atoms with Crippen molar-refractivity contribution in [3.8, 4) is 0 Å². The van der Waals surface area contributed by atoms with Gasteiger partial charge in [-0.1, -0.05) is 32.1 Å². The summed E-state index contributed by atoms with van der Waals surface area (Å²) in [5.41, 5.74) is 15.4. The number of aliphatic imine (C=N–C) groups is 1. The molecule has 1 saturated carbocycles. The summed E-state index contributed by atoms with van der Waals surface area (Å²) in [5.74, 6) is -23.9. The number of amides is 7. The predicted molar refractivity (Wildman–Crippen MR) is 294 cm³/mol. The van der Waals surface area contributed by atoms with Crippen molar-refractivity contribution in [1.29, 1.82) is 0 Å². The molecule has 87 heavy (non-hydrogen) atoms. The highest BCUT2D eigenvalue weighted by Crippen LogP contribution is 2.37. The third-order valence-corrected chi connectivity index (χ3v) is 15.3. The van der Waals surface area contributed by atoms with E-state index in [0.717, 1.165) is 26.2 Å². The number of aliphatic carboxylic acids is 4. The van der Waals surface area contributed by atoms with E-state index in [2.05, 4.69) is 36.9 Å². The number of nitrogens with zero attached hydrogens (tertiary/aromatic N) is 1. The van der Waals surface area contributed by atoms with E-state index < -0.39 is 211 Å². The number of carbonyl (C=O) groups excluding carboxylic acids is 7. The molecule has 0 radical (unpaired) electrons. The summed E-state index contributed by atoms with van der Waals surface area (Å²) >= 11 is 0. The Labute approximate surface area is 495 Å². The van der Waals surface area contributed by atoms with Gasteiger partial charge in [-0.15, -0.1) is 0 Å². The van der Waals surface area contributed by atoms with Gasteiger partial charge in [-0.2, -0.15) is 0 Å². The fraction of sp³-hybridized carbons (Fsp3) is 0.625. The number of benzene rings is 1. The molecule has 1 aromatic carbocycles. The molecule has 2 rings (SSSR count). The minimum atomic E-state index is -5.23. The molecule has 1 aromatic rings. The zero-order valence-electron chi connectivity index (χ0n) is 47.0. The first kappa shape index (κ1) is 75.1. The minimum absolute atomic E-state index is 0.0686. The number of rotatable bonds is 39. The molecule has 0 bridgehead atoms. The van der Waals surface area contributed by atoms with E-state index in [1.54, 1.807) is 0 Å². The van der Waals surface area contributed by atoms with Gasteiger partial charge in [-0.3, -0.25) is 57.7 Å². The average molecular weight is 1290 g/mol. The second kappa shape index (κ2) is 36.9. The number of hydrogen-bond acceptors (Lipinski definition) is 20. The molecule has 0 heterocycles. The zero-order valence-corrected chi connectivity index (χ0v) is 48.7. The third kappa shape index (κ3) is 27.5. The molecule has 0 saturated heterocycles. The van der Waals surface area contributed by atoms with Gasteiger partial charge in [-0.25, -0.2) is 35.1 Å². The average Bonchev–Trinajstić information content (AvgIpc) is 0.786. The summed E-state index contributed by atoms with van der Waals surface area (Å²) in [6.07, 6.45) is -0.680. The lowest BCUT2D eigenvalue weighted by molar-refractivity contribution is -0.144. The van der Waals surface area contributed by atoms with Crippen molar-refractivity contribution in [1.82, 2.24) is 37.2 Å². The van der Waals surface area contributed by atoms with Crippen LogP contribution in [0.1, 0.15) is 96.8 Å². The van der Waals surface area contributed by atoms with Crippen molar-refractivity contribution in [3.63, 3.8) is 0 Å². The Morgan fingerprint density at radius 2 is 1.17 bits per heavy atom. The van der Waals surface area contributed by atoms with Crippen molar-refractivity contribution >= 4 is 96.7 Å². The number of ether oxygens (including phenoxy) is 2. The molecule has 6 atom stereocenters. The van der Waals surface area contributed by atoms with Crippen LogP contribution in [0.25, 0.3) is 0 Å². The molecule has 7 amide bonds. The van der Waals surface area contributed by atoms with Crippen molar-refractivity contribution in [2.24, 2.45) is 33.3 Å². The molecule has 490 valence electrons. The number of carbonyl (C=O) groups is 11. The van der Waals surface area contributed by atoms with Crippen LogP contribution in [-0.2, 0) is 82.1 Å². The number of carboxylic acid groups (broad SMARTS) is 4. The van der Waals surface area contributed by atoms with Gasteiger partial charge in [-0.05, 0) is 32.6 Å². The van der Waals surface area contributed by atoms with Crippen LogP contribution in [0.2, 0.25) is 0 Å². The van der Waals surface area contributed by atoms with Gasteiger partial charge >= 0.3 is 23.9 Å². The summed E-state index contributed by atoms with van der Waals surface area (Å²) in [4.78, 5) is 138. The molecule has 1 aliphatic rings. The molecule has 3 unspecified atom stereocenters. The van der Waals surface area contributed by atoms with Crippen molar-refractivity contribution in [3.05, 3.63) is 17.5 Å². The summed E-state index contributed by atoms with van der Waals surface area (Å²) in [5, 5.41) is 60.0. The molecule has 0 aliphatic heterocycles. The Balaban J connectivity index is 2.00. The highest BCUT2D eigenvalue weighted by Gasteiger charge is 2.38. The van der Waals surface area contributed by atoms with E-state index in [-0.39, 0.29) is 51.7 Å². The smallest absolute Gasteiger partial charge is 0.325 e. The van der Waals surface area contributed by atoms with Gasteiger partial charge in [0.15, 0.2) is 38.1 Å². The first-order valence-corrected chi connectivity index (χ1v) is 30.0. The quantitative estimate of drug-likeness (QED) is 0.00973. The summed E-state index contributed by atoms with van der Waals surface area (Å²) in [6.45, 7) is -1.24.